The van der Waals surface area contributed by atoms with Gasteiger partial charge in [-0.1, -0.05) is 26.8 Å². The lowest BCUT2D eigenvalue weighted by atomic mass is 9.98. The van der Waals surface area contributed by atoms with Crippen molar-refractivity contribution in [3.8, 4) is 0 Å². The van der Waals surface area contributed by atoms with Crippen LogP contribution in [0.2, 0.25) is 0 Å². The van der Waals surface area contributed by atoms with Gasteiger partial charge < -0.3 is 10.6 Å². The molecule has 0 radical (unpaired) electrons. The second-order valence-corrected chi connectivity index (χ2v) is 8.91. The summed E-state index contributed by atoms with van der Waals surface area (Å²) in [6, 6.07) is 5.69. The third-order valence-corrected chi connectivity index (χ3v) is 5.89. The standard InChI is InChI=1S/C20H25N3O2S/c1-11-6-7-13(17(24)22-14-8-9-14)10-15(11)23-18(25)16-12(2)21-19(26-16)20(3,4)5/h6-7,10,14H,8-9H2,1-5H3,(H,22,24)(H,23,25). The van der Waals surface area contributed by atoms with E-state index >= 15 is 0 Å². The molecule has 2 amide bonds. The molecule has 0 spiro atoms. The van der Waals surface area contributed by atoms with E-state index in [2.05, 4.69) is 36.4 Å². The summed E-state index contributed by atoms with van der Waals surface area (Å²) < 4.78 is 0. The molecular formula is C20H25N3O2S. The minimum absolute atomic E-state index is 0.0908. The van der Waals surface area contributed by atoms with Crippen LogP contribution in [0.4, 0.5) is 5.69 Å². The van der Waals surface area contributed by atoms with Crippen molar-refractivity contribution in [1.29, 1.82) is 0 Å². The molecule has 0 atom stereocenters. The van der Waals surface area contributed by atoms with E-state index in [9.17, 15) is 9.59 Å². The summed E-state index contributed by atoms with van der Waals surface area (Å²) in [6.45, 7) is 10.0. The zero-order valence-corrected chi connectivity index (χ0v) is 16.7. The fourth-order valence-electron chi connectivity index (χ4n) is 2.50. The number of carbonyl (C=O) groups is 2. The highest BCUT2D eigenvalue weighted by molar-refractivity contribution is 7.14. The summed E-state index contributed by atoms with van der Waals surface area (Å²) in [5, 5.41) is 6.86. The molecule has 0 unspecified atom stereocenters. The molecular weight excluding hydrogens is 346 g/mol. The number of nitrogens with zero attached hydrogens (tertiary/aromatic N) is 1. The van der Waals surface area contributed by atoms with Gasteiger partial charge >= 0.3 is 0 Å². The highest BCUT2D eigenvalue weighted by Gasteiger charge is 2.25. The second-order valence-electron chi connectivity index (χ2n) is 7.92. The van der Waals surface area contributed by atoms with E-state index in [1.54, 1.807) is 12.1 Å². The van der Waals surface area contributed by atoms with Crippen LogP contribution in [-0.2, 0) is 5.41 Å². The highest BCUT2D eigenvalue weighted by Crippen LogP contribution is 2.30. The van der Waals surface area contributed by atoms with Crippen LogP contribution in [0.1, 0.15) is 69.9 Å². The number of carbonyl (C=O) groups excluding carboxylic acids is 2. The summed E-state index contributed by atoms with van der Waals surface area (Å²) in [5.74, 6) is -0.273. The maximum atomic E-state index is 12.8. The SMILES string of the molecule is Cc1ccc(C(=O)NC2CC2)cc1NC(=O)c1sc(C(C)(C)C)nc1C. The topological polar surface area (TPSA) is 71.1 Å². The molecule has 1 aliphatic carbocycles. The molecule has 2 aromatic rings. The average Bonchev–Trinajstić information content (AvgIpc) is 3.26. The highest BCUT2D eigenvalue weighted by atomic mass is 32.1. The predicted molar refractivity (Wildman–Crippen MR) is 105 cm³/mol. The van der Waals surface area contributed by atoms with E-state index in [1.807, 2.05) is 19.9 Å². The Morgan fingerprint density at radius 2 is 1.85 bits per heavy atom. The quantitative estimate of drug-likeness (QED) is 0.846. The second kappa shape index (κ2) is 6.83. The Balaban J connectivity index is 1.80. The molecule has 0 aliphatic heterocycles. The van der Waals surface area contributed by atoms with Crippen molar-refractivity contribution >= 4 is 28.8 Å². The molecule has 1 heterocycles. The molecule has 1 aromatic carbocycles. The van der Waals surface area contributed by atoms with Gasteiger partial charge in [0.2, 0.25) is 0 Å². The minimum Gasteiger partial charge on any atom is -0.349 e. The number of thiazole rings is 1. The Morgan fingerprint density at radius 1 is 1.15 bits per heavy atom. The van der Waals surface area contributed by atoms with Crippen LogP contribution < -0.4 is 10.6 Å². The maximum absolute atomic E-state index is 12.8. The van der Waals surface area contributed by atoms with Crippen LogP contribution in [-0.4, -0.2) is 22.8 Å². The largest absolute Gasteiger partial charge is 0.349 e. The molecule has 5 nitrogen and oxygen atoms in total. The molecule has 2 N–H and O–H groups in total. The molecule has 0 saturated heterocycles. The van der Waals surface area contributed by atoms with Crippen molar-refractivity contribution in [2.75, 3.05) is 5.32 Å². The summed E-state index contributed by atoms with van der Waals surface area (Å²) in [4.78, 5) is 30.2. The van der Waals surface area contributed by atoms with Crippen LogP contribution in [0, 0.1) is 13.8 Å². The molecule has 1 aromatic heterocycles. The number of benzene rings is 1. The molecule has 1 fully saturated rings. The van der Waals surface area contributed by atoms with E-state index < -0.39 is 0 Å². The number of rotatable bonds is 4. The third-order valence-electron chi connectivity index (χ3n) is 4.30. The van der Waals surface area contributed by atoms with Gasteiger partial charge in [0.15, 0.2) is 0 Å². The van der Waals surface area contributed by atoms with E-state index in [0.717, 1.165) is 29.1 Å². The van der Waals surface area contributed by atoms with Crippen LogP contribution in [0.3, 0.4) is 0 Å². The fourth-order valence-corrected chi connectivity index (χ4v) is 3.52. The number of nitrogens with one attached hydrogen (secondary N) is 2. The predicted octanol–water partition coefficient (Wildman–Crippen LogP) is 4.20. The first-order valence-electron chi connectivity index (χ1n) is 8.86. The number of amides is 2. The molecule has 1 aliphatic rings. The van der Waals surface area contributed by atoms with Crippen molar-refractivity contribution in [3.63, 3.8) is 0 Å². The van der Waals surface area contributed by atoms with Crippen LogP contribution in [0.25, 0.3) is 0 Å². The molecule has 26 heavy (non-hydrogen) atoms. The Morgan fingerprint density at radius 3 is 2.42 bits per heavy atom. The zero-order chi connectivity index (χ0) is 19.1. The number of aromatic nitrogens is 1. The van der Waals surface area contributed by atoms with Gasteiger partial charge in [-0.2, -0.15) is 0 Å². The number of anilines is 1. The van der Waals surface area contributed by atoms with Crippen molar-refractivity contribution in [3.05, 3.63) is 44.9 Å². The van der Waals surface area contributed by atoms with Gasteiger partial charge in [0.05, 0.1) is 10.7 Å². The molecule has 3 rings (SSSR count). The van der Waals surface area contributed by atoms with E-state index in [0.29, 0.717) is 22.2 Å². The van der Waals surface area contributed by atoms with Gasteiger partial charge in [-0.15, -0.1) is 11.3 Å². The minimum atomic E-state index is -0.182. The van der Waals surface area contributed by atoms with E-state index in [4.69, 9.17) is 0 Å². The van der Waals surface area contributed by atoms with Gasteiger partial charge in [-0.3, -0.25) is 9.59 Å². The third kappa shape index (κ3) is 4.12. The maximum Gasteiger partial charge on any atom is 0.267 e. The molecule has 0 bridgehead atoms. The van der Waals surface area contributed by atoms with E-state index in [1.165, 1.54) is 11.3 Å². The molecule has 1 saturated carbocycles. The average molecular weight is 372 g/mol. The Kier molecular flexibility index (Phi) is 4.88. The summed E-state index contributed by atoms with van der Waals surface area (Å²) in [7, 11) is 0. The fraction of sp³-hybridized carbons (Fsp3) is 0.450. The summed E-state index contributed by atoms with van der Waals surface area (Å²) >= 11 is 1.42. The smallest absolute Gasteiger partial charge is 0.267 e. The first-order valence-corrected chi connectivity index (χ1v) is 9.67. The zero-order valence-electron chi connectivity index (χ0n) is 15.9. The van der Waals surface area contributed by atoms with Gasteiger partial charge in [0, 0.05) is 22.7 Å². The molecule has 6 heteroatoms. The summed E-state index contributed by atoms with van der Waals surface area (Å²) in [5.41, 5.74) is 2.78. The molecule has 138 valence electrons. The van der Waals surface area contributed by atoms with Crippen LogP contribution in [0.5, 0.6) is 0 Å². The van der Waals surface area contributed by atoms with Gasteiger partial charge in [0.25, 0.3) is 11.8 Å². The lowest BCUT2D eigenvalue weighted by molar-refractivity contribution is 0.0949. The number of hydrogen-bond donors (Lipinski definition) is 2. The normalized spacial score (nSPS) is 14.2. The van der Waals surface area contributed by atoms with Crippen molar-refractivity contribution in [2.24, 2.45) is 0 Å². The number of hydrogen-bond acceptors (Lipinski definition) is 4. The Hall–Kier alpha value is -2.21. The monoisotopic (exact) mass is 371 g/mol. The van der Waals surface area contributed by atoms with Crippen molar-refractivity contribution < 1.29 is 9.59 Å². The van der Waals surface area contributed by atoms with Crippen molar-refractivity contribution in [2.45, 2.75) is 58.9 Å². The first kappa shape index (κ1) is 18.6. The first-order chi connectivity index (χ1) is 12.1. The van der Waals surface area contributed by atoms with Crippen LogP contribution >= 0.6 is 11.3 Å². The Bertz CT molecular complexity index is 860. The number of aryl methyl sites for hydroxylation is 2. The lowest BCUT2D eigenvalue weighted by Crippen LogP contribution is -2.25. The van der Waals surface area contributed by atoms with Gasteiger partial charge in [-0.25, -0.2) is 4.98 Å². The van der Waals surface area contributed by atoms with E-state index in [-0.39, 0.29) is 17.2 Å². The Labute approximate surface area is 158 Å². The van der Waals surface area contributed by atoms with Crippen molar-refractivity contribution in [1.82, 2.24) is 10.3 Å². The lowest BCUT2D eigenvalue weighted by Gasteiger charge is -2.13. The summed E-state index contributed by atoms with van der Waals surface area (Å²) in [6.07, 6.45) is 2.09. The van der Waals surface area contributed by atoms with Gasteiger partial charge in [0.1, 0.15) is 4.88 Å². The van der Waals surface area contributed by atoms with Gasteiger partial charge in [-0.05, 0) is 44.4 Å². The van der Waals surface area contributed by atoms with Crippen LogP contribution in [0.15, 0.2) is 18.2 Å².